The molecule has 2 aromatic carbocycles. The van der Waals surface area contributed by atoms with Crippen LogP contribution in [0.15, 0.2) is 71.9 Å². The Labute approximate surface area is 298 Å². The number of benzene rings is 2. The van der Waals surface area contributed by atoms with E-state index in [4.69, 9.17) is 19.4 Å². The smallest absolute Gasteiger partial charge is 0.475 e. The summed E-state index contributed by atoms with van der Waals surface area (Å²) in [5, 5.41) is 25.7. The number of hydrogen-bond donors (Lipinski definition) is 5. The van der Waals surface area contributed by atoms with Crippen molar-refractivity contribution in [2.75, 3.05) is 38.2 Å². The lowest BCUT2D eigenvalue weighted by molar-refractivity contribution is -0.384. The molecule has 0 atom stereocenters. The largest absolute Gasteiger partial charge is 0.490 e. The number of aromatic amines is 1. The van der Waals surface area contributed by atoms with Crippen molar-refractivity contribution in [3.05, 3.63) is 88.2 Å². The van der Waals surface area contributed by atoms with Crippen molar-refractivity contribution in [3.63, 3.8) is 0 Å². The van der Waals surface area contributed by atoms with E-state index >= 15 is 4.39 Å². The molecule has 20 heteroatoms. The molecule has 4 heterocycles. The number of carboxylic acids is 1. The lowest BCUT2D eigenvalue weighted by atomic mass is 9.96. The van der Waals surface area contributed by atoms with Gasteiger partial charge in [0, 0.05) is 56.8 Å². The number of nitro groups is 1. The molecule has 5 N–H and O–H groups in total. The number of hydrogen-bond acceptors (Lipinski definition) is 11. The van der Waals surface area contributed by atoms with Gasteiger partial charge in [-0.1, -0.05) is 12.1 Å². The first-order valence-electron chi connectivity index (χ1n) is 15.9. The molecule has 4 aromatic rings. The number of ether oxygens (including phenoxy) is 2. The van der Waals surface area contributed by atoms with Gasteiger partial charge in [0.15, 0.2) is 0 Å². The SMILES string of the molecule is O=C(NS(=O)(=O)c1ccc(NCC2(F)CCOCC2)c([N+](=O)[O-])c1)c1ccc(C2=CCNCC2)cc1Oc1cnc2[nH]ccc2c1.O=C(O)C(F)(F)F. The third kappa shape index (κ3) is 9.84. The Morgan fingerprint density at radius 3 is 2.51 bits per heavy atom. The molecular formula is C33H32F4N6O9S. The fraction of sp³-hybridized carbons (Fsp3) is 0.303. The van der Waals surface area contributed by atoms with Gasteiger partial charge < -0.3 is 30.2 Å². The van der Waals surface area contributed by atoms with Crippen LogP contribution in [0.1, 0.15) is 35.2 Å². The number of rotatable bonds is 10. The van der Waals surface area contributed by atoms with Crippen LogP contribution in [0, 0.1) is 10.1 Å². The van der Waals surface area contributed by atoms with E-state index in [1.807, 2.05) is 16.9 Å². The van der Waals surface area contributed by atoms with Crippen molar-refractivity contribution >= 4 is 49.9 Å². The Bertz CT molecular complexity index is 2150. The first-order valence-corrected chi connectivity index (χ1v) is 17.3. The van der Waals surface area contributed by atoms with Crippen molar-refractivity contribution in [2.24, 2.45) is 0 Å². The number of carbonyl (C=O) groups excluding carboxylic acids is 1. The van der Waals surface area contributed by atoms with Gasteiger partial charge in [-0.05, 0) is 60.5 Å². The van der Waals surface area contributed by atoms with E-state index in [-0.39, 0.29) is 49.6 Å². The number of nitrogens with zero attached hydrogens (tertiary/aromatic N) is 2. The fourth-order valence-corrected chi connectivity index (χ4v) is 6.35. The molecule has 6 rings (SSSR count). The molecule has 0 saturated carbocycles. The summed E-state index contributed by atoms with van der Waals surface area (Å²) in [6.45, 7) is 1.73. The minimum absolute atomic E-state index is 0.0507. The van der Waals surface area contributed by atoms with Gasteiger partial charge >= 0.3 is 12.1 Å². The third-order valence-electron chi connectivity index (χ3n) is 8.19. The number of aromatic nitrogens is 2. The van der Waals surface area contributed by atoms with E-state index in [1.54, 1.807) is 24.4 Å². The molecule has 1 fully saturated rings. The molecule has 0 bridgehead atoms. The Balaban J connectivity index is 0.000000705. The number of sulfonamides is 1. The van der Waals surface area contributed by atoms with Gasteiger partial charge in [-0.15, -0.1) is 0 Å². The second kappa shape index (κ2) is 16.0. The average molecular weight is 765 g/mol. The summed E-state index contributed by atoms with van der Waals surface area (Å²) in [6, 6.07) is 11.5. The molecule has 282 valence electrons. The average Bonchev–Trinajstić information content (AvgIpc) is 3.59. The van der Waals surface area contributed by atoms with Gasteiger partial charge in [-0.25, -0.2) is 27.3 Å². The second-order valence-electron chi connectivity index (χ2n) is 11.9. The number of anilines is 1. The van der Waals surface area contributed by atoms with Crippen LogP contribution in [-0.2, 0) is 19.6 Å². The maximum atomic E-state index is 15.0. The van der Waals surface area contributed by atoms with Crippen molar-refractivity contribution < 1.29 is 55.1 Å². The van der Waals surface area contributed by atoms with Crippen LogP contribution >= 0.6 is 0 Å². The topological polar surface area (TPSA) is 215 Å². The highest BCUT2D eigenvalue weighted by Gasteiger charge is 2.38. The van der Waals surface area contributed by atoms with Gasteiger partial charge in [0.25, 0.3) is 21.6 Å². The highest BCUT2D eigenvalue weighted by atomic mass is 32.2. The maximum absolute atomic E-state index is 15.0. The van der Waals surface area contributed by atoms with Gasteiger partial charge in [0.1, 0.15) is 28.5 Å². The van der Waals surface area contributed by atoms with Crippen molar-refractivity contribution in [3.8, 4) is 11.5 Å². The standard InChI is InChI=1S/C31H31FN6O7S.C2HF3O2/c32-31(8-13-44-14-9-31)19-36-26-4-2-24(17-27(26)38(40)41)46(42,43)37-30(39)25-3-1-21(20-5-10-33-11-6-20)16-28(25)45-23-15-22-7-12-34-29(22)35-18-23;3-2(4,5)1(6)7/h1-5,7,12,15-18,33,36H,6,8-11,13-14,19H2,(H,34,35)(H,37,39);(H,6,7). The highest BCUT2D eigenvalue weighted by Crippen LogP contribution is 2.33. The van der Waals surface area contributed by atoms with Crippen LogP contribution < -0.4 is 20.1 Å². The van der Waals surface area contributed by atoms with Gasteiger partial charge in [-0.3, -0.25) is 14.9 Å². The fourth-order valence-electron chi connectivity index (χ4n) is 5.36. The van der Waals surface area contributed by atoms with Crippen LogP contribution in [0.25, 0.3) is 16.6 Å². The van der Waals surface area contributed by atoms with Crippen molar-refractivity contribution in [1.29, 1.82) is 0 Å². The number of pyridine rings is 1. The van der Waals surface area contributed by atoms with Crippen LogP contribution in [0.2, 0.25) is 0 Å². The summed E-state index contributed by atoms with van der Waals surface area (Å²) >= 11 is 0. The highest BCUT2D eigenvalue weighted by molar-refractivity contribution is 7.90. The molecule has 53 heavy (non-hydrogen) atoms. The minimum Gasteiger partial charge on any atom is -0.475 e. The van der Waals surface area contributed by atoms with E-state index < -0.39 is 49.3 Å². The van der Waals surface area contributed by atoms with Gasteiger partial charge in [0.2, 0.25) is 0 Å². The number of fused-ring (bicyclic) bond motifs is 1. The van der Waals surface area contributed by atoms with E-state index in [0.29, 0.717) is 17.9 Å². The first-order chi connectivity index (χ1) is 25.0. The zero-order valence-electron chi connectivity index (χ0n) is 27.5. The number of aliphatic carboxylic acids is 1. The van der Waals surface area contributed by atoms with E-state index in [2.05, 4.69) is 20.6 Å². The zero-order valence-corrected chi connectivity index (χ0v) is 28.4. The summed E-state index contributed by atoms with van der Waals surface area (Å²) in [7, 11) is -4.58. The van der Waals surface area contributed by atoms with Gasteiger partial charge in [0.05, 0.1) is 21.6 Å². The molecule has 1 amide bonds. The zero-order chi connectivity index (χ0) is 38.4. The van der Waals surface area contributed by atoms with E-state index in [1.165, 1.54) is 18.3 Å². The molecule has 2 aliphatic rings. The van der Waals surface area contributed by atoms with E-state index in [0.717, 1.165) is 41.6 Å². The molecule has 0 unspecified atom stereocenters. The summed E-state index contributed by atoms with van der Waals surface area (Å²) in [5.41, 5.74) is 0.169. The molecule has 1 saturated heterocycles. The first kappa shape index (κ1) is 38.6. The van der Waals surface area contributed by atoms with Crippen LogP contribution in [-0.4, -0.2) is 85.0 Å². The van der Waals surface area contributed by atoms with Gasteiger partial charge in [-0.2, -0.15) is 13.2 Å². The minimum atomic E-state index is -5.08. The Morgan fingerprint density at radius 2 is 1.85 bits per heavy atom. The molecular weight excluding hydrogens is 732 g/mol. The predicted octanol–water partition coefficient (Wildman–Crippen LogP) is 5.32. The molecule has 0 spiro atoms. The van der Waals surface area contributed by atoms with Crippen LogP contribution in [0.4, 0.5) is 28.9 Å². The number of nitrogens with one attached hydrogen (secondary N) is 4. The Hall–Kier alpha value is -5.60. The Kier molecular flexibility index (Phi) is 11.6. The number of H-pyrrole nitrogens is 1. The van der Waals surface area contributed by atoms with Crippen molar-refractivity contribution in [2.45, 2.75) is 36.0 Å². The lowest BCUT2D eigenvalue weighted by Crippen LogP contribution is -2.38. The molecule has 2 aromatic heterocycles. The quantitative estimate of drug-likeness (QED) is 0.0788. The van der Waals surface area contributed by atoms with E-state index in [9.17, 15) is 36.5 Å². The summed E-state index contributed by atoms with van der Waals surface area (Å²) in [4.78, 5) is 40.3. The number of nitro benzene ring substituents is 1. The molecule has 15 nitrogen and oxygen atoms in total. The number of alkyl halides is 4. The summed E-state index contributed by atoms with van der Waals surface area (Å²) in [5.74, 6) is -3.33. The number of carbonyl (C=O) groups is 2. The monoisotopic (exact) mass is 764 g/mol. The normalized spacial score (nSPS) is 15.7. The summed E-state index contributed by atoms with van der Waals surface area (Å²) < 4.78 is 86.7. The third-order valence-corrected chi connectivity index (χ3v) is 9.52. The second-order valence-corrected chi connectivity index (χ2v) is 13.6. The molecule has 2 aliphatic heterocycles. The lowest BCUT2D eigenvalue weighted by Gasteiger charge is -2.29. The predicted molar refractivity (Wildman–Crippen MR) is 182 cm³/mol. The Morgan fingerprint density at radius 1 is 1.11 bits per heavy atom. The van der Waals surface area contributed by atoms with Crippen LogP contribution in [0.5, 0.6) is 11.5 Å². The number of carboxylic acid groups (broad SMARTS) is 1. The maximum Gasteiger partial charge on any atom is 0.490 e. The molecule has 0 radical (unpaired) electrons. The molecule has 0 aliphatic carbocycles. The van der Waals surface area contributed by atoms with Crippen molar-refractivity contribution in [1.82, 2.24) is 20.0 Å². The number of halogens is 4. The van der Waals surface area contributed by atoms with Crippen LogP contribution in [0.3, 0.4) is 0 Å². The number of amides is 1. The summed E-state index contributed by atoms with van der Waals surface area (Å²) in [6.07, 6.45) is 1.17.